The molecule has 0 fully saturated rings. The fourth-order valence-electron chi connectivity index (χ4n) is 1.03. The Morgan fingerprint density at radius 1 is 0.296 bits per heavy atom. The average molecular weight is 897 g/mol. The Bertz CT molecular complexity index is 828. The van der Waals surface area contributed by atoms with Crippen LogP contribution in [0.15, 0.2) is 0 Å². The molecule has 0 saturated heterocycles. The van der Waals surface area contributed by atoms with Crippen molar-refractivity contribution in [3.05, 3.63) is 0 Å². The van der Waals surface area contributed by atoms with Gasteiger partial charge in [0.2, 0.25) is 0 Å². The summed E-state index contributed by atoms with van der Waals surface area (Å²) in [7, 11) is 0. The van der Waals surface area contributed by atoms with Crippen molar-refractivity contribution in [2.24, 2.45) is 10.8 Å². The molecule has 0 rings (SSSR count). The summed E-state index contributed by atoms with van der Waals surface area (Å²) in [6, 6.07) is 0. The van der Waals surface area contributed by atoms with Gasteiger partial charge in [-0.15, -0.1) is 0 Å². The normalized spacial score (nSPS) is 8.89. The van der Waals surface area contributed by atoms with Crippen molar-refractivity contribution in [1.29, 1.82) is 0 Å². The van der Waals surface area contributed by atoms with Gasteiger partial charge in [0.05, 0.1) is 102 Å². The molecular formula is C28H48O20S6. The molecule has 0 aliphatic carbocycles. The largest absolute Gasteiger partial charge is 0.481 e. The van der Waals surface area contributed by atoms with Gasteiger partial charge in [0, 0.05) is 0 Å². The molecule has 0 aromatic rings. The molecule has 0 spiro atoms. The van der Waals surface area contributed by atoms with Crippen molar-refractivity contribution in [3.63, 3.8) is 0 Å². The Morgan fingerprint density at radius 3 is 0.389 bits per heavy atom. The fraction of sp³-hybridized carbons (Fsp3) is 0.571. The molecule has 0 atom stereocenters. The standard InChI is InChI=1S/2C5H12O4.6C3H4O2S/c2*6-1-5(2-7,3-8)4-9;6*4-3(5)1-2-6/h2*6-9H,1-4H2;6*2H,1H2,(H,4,5). The lowest BCUT2D eigenvalue weighted by Crippen LogP contribution is -2.37. The maximum atomic E-state index is 9.50. The quantitative estimate of drug-likeness (QED) is 0.0628. The van der Waals surface area contributed by atoms with E-state index in [0.29, 0.717) is 0 Å². The van der Waals surface area contributed by atoms with Gasteiger partial charge in [-0.3, -0.25) is 28.8 Å². The van der Waals surface area contributed by atoms with Crippen LogP contribution in [0.25, 0.3) is 0 Å². The van der Waals surface area contributed by atoms with Gasteiger partial charge in [-0.25, -0.2) is 0 Å². The molecule has 0 heterocycles. The number of carboxylic acid groups (broad SMARTS) is 6. The zero-order chi connectivity index (χ0) is 44.6. The van der Waals surface area contributed by atoms with Crippen LogP contribution in [0.3, 0.4) is 0 Å². The molecule has 316 valence electrons. The molecule has 0 amide bonds. The first-order chi connectivity index (χ1) is 25.1. The summed E-state index contributed by atoms with van der Waals surface area (Å²) < 4.78 is 0. The molecule has 0 aliphatic heterocycles. The van der Waals surface area contributed by atoms with Gasteiger partial charge in [-0.1, -0.05) is 73.3 Å². The number of rotatable bonds is 20. The monoisotopic (exact) mass is 896 g/mol. The van der Waals surface area contributed by atoms with Crippen molar-refractivity contribution >= 4 is 141 Å². The van der Waals surface area contributed by atoms with Crippen LogP contribution in [0.1, 0.15) is 38.5 Å². The number of hydrogen-bond acceptors (Lipinski definition) is 20. The van der Waals surface area contributed by atoms with Crippen LogP contribution >= 0.6 is 73.3 Å². The van der Waals surface area contributed by atoms with Gasteiger partial charge in [0.1, 0.15) is 0 Å². The molecule has 0 unspecified atom stereocenters. The van der Waals surface area contributed by atoms with Gasteiger partial charge in [-0.05, 0) is 32.2 Å². The summed E-state index contributed by atoms with van der Waals surface area (Å²) in [5.74, 6) is -5.22. The third-order valence-corrected chi connectivity index (χ3v) is 5.23. The number of hydrogen-bond donors (Lipinski definition) is 14. The highest BCUT2D eigenvalue weighted by molar-refractivity contribution is 7.79. The Hall–Kier alpha value is -2.96. The van der Waals surface area contributed by atoms with Crippen molar-refractivity contribution in [2.75, 3.05) is 52.9 Å². The van der Waals surface area contributed by atoms with Crippen LogP contribution in [0, 0.1) is 10.8 Å². The molecule has 0 bridgehead atoms. The minimum Gasteiger partial charge on any atom is -0.481 e. The smallest absolute Gasteiger partial charge is 0.308 e. The molecule has 20 nitrogen and oxygen atoms in total. The van der Waals surface area contributed by atoms with Gasteiger partial charge in [0.25, 0.3) is 0 Å². The zero-order valence-corrected chi connectivity index (χ0v) is 33.4. The number of aliphatic hydroxyl groups is 8. The van der Waals surface area contributed by atoms with Crippen molar-refractivity contribution in [2.45, 2.75) is 38.5 Å². The van der Waals surface area contributed by atoms with E-state index in [2.05, 4.69) is 73.3 Å². The second-order valence-corrected chi connectivity index (χ2v) is 10.9. The Kier molecular flexibility index (Phi) is 69.5. The highest BCUT2D eigenvalue weighted by Crippen LogP contribution is 2.12. The summed E-state index contributed by atoms with van der Waals surface area (Å²) in [5.41, 5.74) is -2.22. The molecule has 26 heteroatoms. The van der Waals surface area contributed by atoms with Crippen LogP contribution in [-0.4, -0.2) is 192 Å². The molecular weight excluding hydrogens is 849 g/mol. The van der Waals surface area contributed by atoms with E-state index < -0.39 is 99.5 Å². The highest BCUT2D eigenvalue weighted by Gasteiger charge is 2.27. The molecule has 14 N–H and O–H groups in total. The van der Waals surface area contributed by atoms with E-state index in [4.69, 9.17) is 71.5 Å². The van der Waals surface area contributed by atoms with Gasteiger partial charge < -0.3 is 71.5 Å². The lowest BCUT2D eigenvalue weighted by atomic mass is 9.93. The summed E-state index contributed by atoms with van der Waals surface area (Å²) in [6.45, 7) is -3.25. The molecule has 0 aromatic carbocycles. The second-order valence-electron chi connectivity index (χ2n) is 8.85. The van der Waals surface area contributed by atoms with E-state index in [1.807, 2.05) is 0 Å². The van der Waals surface area contributed by atoms with Crippen molar-refractivity contribution in [1.82, 2.24) is 0 Å². The summed E-state index contributed by atoms with van der Waals surface area (Å²) in [5, 5.41) is 122. The first-order valence-corrected chi connectivity index (χ1v) is 16.7. The highest BCUT2D eigenvalue weighted by atomic mass is 32.1. The Morgan fingerprint density at radius 2 is 0.389 bits per heavy atom. The van der Waals surface area contributed by atoms with E-state index >= 15 is 0 Å². The maximum Gasteiger partial charge on any atom is 0.308 e. The molecule has 0 radical (unpaired) electrons. The van der Waals surface area contributed by atoms with Crippen molar-refractivity contribution in [3.8, 4) is 0 Å². The van der Waals surface area contributed by atoms with Crippen LogP contribution in [0.5, 0.6) is 0 Å². The summed E-state index contributed by atoms with van der Waals surface area (Å²) >= 11 is 25.3. The van der Waals surface area contributed by atoms with E-state index in [1.54, 1.807) is 0 Å². The lowest BCUT2D eigenvalue weighted by Gasteiger charge is -2.23. The number of thiocarbonyl (C=S) groups is 6. The van der Waals surface area contributed by atoms with Crippen LogP contribution < -0.4 is 0 Å². The first kappa shape index (κ1) is 69.0. The van der Waals surface area contributed by atoms with Gasteiger partial charge in [0.15, 0.2) is 0 Å². The van der Waals surface area contributed by atoms with Crippen molar-refractivity contribution < 1.29 is 100 Å². The van der Waals surface area contributed by atoms with Crippen LogP contribution in [0.4, 0.5) is 0 Å². The number of carboxylic acids is 6. The first-order valence-electron chi connectivity index (χ1n) is 13.9. The van der Waals surface area contributed by atoms with E-state index in [-0.39, 0.29) is 38.5 Å². The SMILES string of the molecule is O=C(O)CC=S.O=C(O)CC=S.O=C(O)CC=S.O=C(O)CC=S.O=C(O)CC=S.O=C(O)CC=S.OCC(CO)(CO)CO.OCC(CO)(CO)CO. The van der Waals surface area contributed by atoms with Crippen LogP contribution in [0.2, 0.25) is 0 Å². The third kappa shape index (κ3) is 74.3. The van der Waals surface area contributed by atoms with E-state index in [1.165, 1.54) is 32.2 Å². The Labute approximate surface area is 342 Å². The zero-order valence-electron chi connectivity index (χ0n) is 28.5. The van der Waals surface area contributed by atoms with E-state index in [9.17, 15) is 28.8 Å². The minimum atomic E-state index is -1.11. The summed E-state index contributed by atoms with van der Waals surface area (Å²) in [4.78, 5) is 57.0. The second kappa shape index (κ2) is 54.4. The maximum absolute atomic E-state index is 9.50. The molecule has 54 heavy (non-hydrogen) atoms. The van der Waals surface area contributed by atoms with Gasteiger partial charge >= 0.3 is 35.8 Å². The third-order valence-electron chi connectivity index (χ3n) is 4.23. The summed E-state index contributed by atoms with van der Waals surface area (Å²) in [6.07, 6.45) is -0.111. The van der Waals surface area contributed by atoms with Crippen LogP contribution in [-0.2, 0) is 28.8 Å². The number of carbonyl (C=O) groups is 6. The Balaban J connectivity index is -0.0000000752. The lowest BCUT2D eigenvalue weighted by molar-refractivity contribution is -0.136. The van der Waals surface area contributed by atoms with Gasteiger partial charge in [-0.2, -0.15) is 0 Å². The topological polar surface area (TPSA) is 386 Å². The average Bonchev–Trinajstić information content (AvgIpc) is 3.09. The fourth-order valence-corrected chi connectivity index (χ4v) is 1.88. The molecule has 0 aliphatic rings. The molecule has 0 aromatic heterocycles. The number of aliphatic carboxylic acids is 6. The molecule has 0 saturated carbocycles. The number of aliphatic hydroxyl groups excluding tert-OH is 8. The predicted molar refractivity (Wildman–Crippen MR) is 217 cm³/mol. The predicted octanol–water partition coefficient (Wildman–Crippen LogP) is -1.35. The minimum absolute atomic E-state index is 0.0185. The van der Waals surface area contributed by atoms with E-state index in [0.717, 1.165) is 0 Å².